The fraction of sp³-hybridized carbons (Fsp3) is 0.357. The van der Waals surface area contributed by atoms with Crippen LogP contribution < -0.4 is 5.32 Å². The molecule has 0 radical (unpaired) electrons. The maximum absolute atomic E-state index is 8.85. The zero-order valence-electron chi connectivity index (χ0n) is 10.1. The Bertz CT molecular complexity index is 479. The summed E-state index contributed by atoms with van der Waals surface area (Å²) in [6.45, 7) is 3.09. The van der Waals surface area contributed by atoms with Crippen molar-refractivity contribution in [1.82, 2.24) is 10.3 Å². The molecule has 0 bridgehead atoms. The average Bonchev–Trinajstić information content (AvgIpc) is 2.36. The van der Waals surface area contributed by atoms with Crippen molar-refractivity contribution in [3.8, 4) is 0 Å². The molecule has 2 aromatic rings. The van der Waals surface area contributed by atoms with Gasteiger partial charge in [-0.25, -0.2) is 0 Å². The molecule has 1 heterocycles. The smallest absolute Gasteiger partial charge is 0.0746 e. The van der Waals surface area contributed by atoms with E-state index >= 15 is 0 Å². The minimum absolute atomic E-state index is 0.224. The predicted molar refractivity (Wildman–Crippen MR) is 69.7 cm³/mol. The summed E-state index contributed by atoms with van der Waals surface area (Å²) in [7, 11) is 0. The van der Waals surface area contributed by atoms with E-state index in [0.717, 1.165) is 18.5 Å². The lowest BCUT2D eigenvalue weighted by Gasteiger charge is -2.13. The SMILES string of the molecule is CC(CCO)NCc1cccc2cccnc12. The highest BCUT2D eigenvalue weighted by atomic mass is 16.3. The molecule has 1 aromatic heterocycles. The molecule has 3 nitrogen and oxygen atoms in total. The Labute approximate surface area is 102 Å². The van der Waals surface area contributed by atoms with E-state index in [1.807, 2.05) is 12.3 Å². The number of hydrogen-bond donors (Lipinski definition) is 2. The molecule has 1 atom stereocenters. The van der Waals surface area contributed by atoms with E-state index in [0.29, 0.717) is 6.04 Å². The Kier molecular flexibility index (Phi) is 4.07. The van der Waals surface area contributed by atoms with Crippen LogP contribution in [0.4, 0.5) is 0 Å². The van der Waals surface area contributed by atoms with Gasteiger partial charge >= 0.3 is 0 Å². The van der Waals surface area contributed by atoms with Gasteiger partial charge in [0.05, 0.1) is 5.52 Å². The van der Waals surface area contributed by atoms with Crippen molar-refractivity contribution in [2.45, 2.75) is 25.9 Å². The van der Waals surface area contributed by atoms with E-state index in [-0.39, 0.29) is 6.61 Å². The maximum atomic E-state index is 8.85. The number of nitrogens with zero attached hydrogens (tertiary/aromatic N) is 1. The minimum Gasteiger partial charge on any atom is -0.396 e. The van der Waals surface area contributed by atoms with Crippen LogP contribution in [-0.2, 0) is 6.54 Å². The Morgan fingerprint density at radius 3 is 2.94 bits per heavy atom. The molecule has 1 unspecified atom stereocenters. The zero-order valence-corrected chi connectivity index (χ0v) is 10.1. The Morgan fingerprint density at radius 1 is 1.29 bits per heavy atom. The van der Waals surface area contributed by atoms with E-state index in [4.69, 9.17) is 5.11 Å². The molecule has 0 amide bonds. The highest BCUT2D eigenvalue weighted by molar-refractivity contribution is 5.81. The average molecular weight is 230 g/mol. The molecule has 0 saturated heterocycles. The van der Waals surface area contributed by atoms with Crippen LogP contribution in [0, 0.1) is 0 Å². The number of fused-ring (bicyclic) bond motifs is 1. The number of rotatable bonds is 5. The van der Waals surface area contributed by atoms with E-state index in [1.165, 1.54) is 10.9 Å². The molecule has 0 aliphatic carbocycles. The minimum atomic E-state index is 0.224. The number of aliphatic hydroxyl groups excluding tert-OH is 1. The van der Waals surface area contributed by atoms with Crippen LogP contribution in [0.15, 0.2) is 36.5 Å². The van der Waals surface area contributed by atoms with Crippen LogP contribution in [0.1, 0.15) is 18.9 Å². The number of hydrogen-bond acceptors (Lipinski definition) is 3. The summed E-state index contributed by atoms with van der Waals surface area (Å²) < 4.78 is 0. The first-order valence-electron chi connectivity index (χ1n) is 5.98. The quantitative estimate of drug-likeness (QED) is 0.826. The van der Waals surface area contributed by atoms with Gasteiger partial charge in [-0.15, -0.1) is 0 Å². The van der Waals surface area contributed by atoms with Crippen LogP contribution in [0.2, 0.25) is 0 Å². The molecule has 2 N–H and O–H groups in total. The van der Waals surface area contributed by atoms with Gasteiger partial charge < -0.3 is 10.4 Å². The van der Waals surface area contributed by atoms with Crippen LogP contribution in [0.5, 0.6) is 0 Å². The number of pyridine rings is 1. The topological polar surface area (TPSA) is 45.1 Å². The molecular weight excluding hydrogens is 212 g/mol. The Morgan fingerprint density at radius 2 is 2.12 bits per heavy atom. The molecule has 0 aliphatic rings. The van der Waals surface area contributed by atoms with E-state index in [9.17, 15) is 0 Å². The molecule has 0 fully saturated rings. The van der Waals surface area contributed by atoms with E-state index in [2.05, 4.69) is 41.5 Å². The second-order valence-corrected chi connectivity index (χ2v) is 4.29. The molecular formula is C14H18N2O. The van der Waals surface area contributed by atoms with Crippen LogP contribution in [0.3, 0.4) is 0 Å². The molecule has 0 aliphatic heterocycles. The van der Waals surface area contributed by atoms with E-state index < -0.39 is 0 Å². The molecule has 17 heavy (non-hydrogen) atoms. The lowest BCUT2D eigenvalue weighted by atomic mass is 10.1. The second-order valence-electron chi connectivity index (χ2n) is 4.29. The summed E-state index contributed by atoms with van der Waals surface area (Å²) in [5.74, 6) is 0. The third-order valence-electron chi connectivity index (χ3n) is 2.92. The van der Waals surface area contributed by atoms with Crippen molar-refractivity contribution < 1.29 is 5.11 Å². The largest absolute Gasteiger partial charge is 0.396 e. The van der Waals surface area contributed by atoms with E-state index in [1.54, 1.807) is 0 Å². The van der Waals surface area contributed by atoms with Crippen molar-refractivity contribution in [2.24, 2.45) is 0 Å². The number of para-hydroxylation sites is 1. The van der Waals surface area contributed by atoms with Gasteiger partial charge in [0, 0.05) is 30.8 Å². The van der Waals surface area contributed by atoms with Crippen molar-refractivity contribution in [3.63, 3.8) is 0 Å². The molecule has 2 rings (SSSR count). The van der Waals surface area contributed by atoms with Crippen LogP contribution in [0.25, 0.3) is 10.9 Å². The Hall–Kier alpha value is -1.45. The number of aromatic nitrogens is 1. The lowest BCUT2D eigenvalue weighted by Crippen LogP contribution is -2.26. The monoisotopic (exact) mass is 230 g/mol. The first-order chi connectivity index (χ1) is 8.31. The fourth-order valence-electron chi connectivity index (χ4n) is 1.89. The standard InChI is InChI=1S/C14H18N2O/c1-11(7-9-17)16-10-13-5-2-4-12-6-3-8-15-14(12)13/h2-6,8,11,16-17H,7,9-10H2,1H3. The van der Waals surface area contributed by atoms with Gasteiger partial charge in [0.15, 0.2) is 0 Å². The highest BCUT2D eigenvalue weighted by Crippen LogP contribution is 2.15. The first kappa shape index (κ1) is 12.0. The number of benzene rings is 1. The van der Waals surface area contributed by atoms with Gasteiger partial charge in [-0.1, -0.05) is 24.3 Å². The van der Waals surface area contributed by atoms with Crippen molar-refractivity contribution in [2.75, 3.05) is 6.61 Å². The van der Waals surface area contributed by atoms with Gasteiger partial charge in [-0.2, -0.15) is 0 Å². The van der Waals surface area contributed by atoms with Crippen molar-refractivity contribution >= 4 is 10.9 Å². The number of nitrogens with one attached hydrogen (secondary N) is 1. The molecule has 1 aromatic carbocycles. The van der Waals surface area contributed by atoms with Gasteiger partial charge in [0.1, 0.15) is 0 Å². The summed E-state index contributed by atoms with van der Waals surface area (Å²) in [4.78, 5) is 4.42. The van der Waals surface area contributed by atoms with Gasteiger partial charge in [0.25, 0.3) is 0 Å². The normalized spacial score (nSPS) is 12.8. The summed E-state index contributed by atoms with van der Waals surface area (Å²) in [5, 5.41) is 13.4. The third kappa shape index (κ3) is 3.02. The summed E-state index contributed by atoms with van der Waals surface area (Å²) in [6.07, 6.45) is 2.60. The first-order valence-corrected chi connectivity index (χ1v) is 5.98. The van der Waals surface area contributed by atoms with Gasteiger partial charge in [-0.05, 0) is 25.0 Å². The summed E-state index contributed by atoms with van der Waals surface area (Å²) in [6, 6.07) is 10.6. The lowest BCUT2D eigenvalue weighted by molar-refractivity contribution is 0.269. The highest BCUT2D eigenvalue weighted by Gasteiger charge is 2.04. The molecule has 0 spiro atoms. The van der Waals surface area contributed by atoms with Crippen LogP contribution >= 0.6 is 0 Å². The third-order valence-corrected chi connectivity index (χ3v) is 2.92. The van der Waals surface area contributed by atoms with Crippen molar-refractivity contribution in [3.05, 3.63) is 42.1 Å². The summed E-state index contributed by atoms with van der Waals surface area (Å²) in [5.41, 5.74) is 2.26. The molecule has 90 valence electrons. The van der Waals surface area contributed by atoms with Gasteiger partial charge in [-0.3, -0.25) is 4.98 Å². The fourth-order valence-corrected chi connectivity index (χ4v) is 1.89. The molecule has 0 saturated carbocycles. The van der Waals surface area contributed by atoms with Crippen LogP contribution in [-0.4, -0.2) is 22.7 Å². The zero-order chi connectivity index (χ0) is 12.1. The maximum Gasteiger partial charge on any atom is 0.0746 e. The predicted octanol–water partition coefficient (Wildman–Crippen LogP) is 2.10. The summed E-state index contributed by atoms with van der Waals surface area (Å²) >= 11 is 0. The second kappa shape index (κ2) is 5.75. The van der Waals surface area contributed by atoms with Gasteiger partial charge in [0.2, 0.25) is 0 Å². The number of aliphatic hydroxyl groups is 1. The van der Waals surface area contributed by atoms with Crippen molar-refractivity contribution in [1.29, 1.82) is 0 Å². The molecule has 3 heteroatoms. The Balaban J connectivity index is 2.13.